The van der Waals surface area contributed by atoms with E-state index in [1.165, 1.54) is 0 Å². The number of rotatable bonds is 2. The van der Waals surface area contributed by atoms with Crippen molar-refractivity contribution in [3.63, 3.8) is 0 Å². The third-order valence-electron chi connectivity index (χ3n) is 4.16. The highest BCUT2D eigenvalue weighted by atomic mass is 16.6. The lowest BCUT2D eigenvalue weighted by molar-refractivity contribution is -0.124. The summed E-state index contributed by atoms with van der Waals surface area (Å²) in [6.07, 6.45) is 2.22. The molecule has 0 aromatic rings. The Balaban J connectivity index is 1.84. The zero-order valence-electron chi connectivity index (χ0n) is 7.69. The van der Waals surface area contributed by atoms with E-state index in [4.69, 9.17) is 4.74 Å². The maximum Gasteiger partial charge on any atom is 0.142 e. The van der Waals surface area contributed by atoms with Crippen molar-refractivity contribution in [2.75, 3.05) is 6.61 Å². The van der Waals surface area contributed by atoms with Gasteiger partial charge < -0.3 is 9.84 Å². The molecule has 1 aliphatic heterocycles. The maximum atomic E-state index is 11.6. The van der Waals surface area contributed by atoms with Crippen LogP contribution in [0.1, 0.15) is 19.8 Å². The van der Waals surface area contributed by atoms with Gasteiger partial charge in [-0.25, -0.2) is 0 Å². The second-order valence-electron chi connectivity index (χ2n) is 4.60. The van der Waals surface area contributed by atoms with Crippen molar-refractivity contribution in [2.24, 2.45) is 17.3 Å². The van der Waals surface area contributed by atoms with E-state index in [1.54, 1.807) is 0 Å². The summed E-state index contributed by atoms with van der Waals surface area (Å²) in [7, 11) is 0. The molecular weight excluding hydrogens is 168 g/mol. The summed E-state index contributed by atoms with van der Waals surface area (Å²) in [4.78, 5) is 11.6. The van der Waals surface area contributed by atoms with Crippen LogP contribution in [0.25, 0.3) is 0 Å². The Bertz CT molecular complexity index is 275. The number of hydrogen-bond acceptors (Lipinski definition) is 3. The van der Waals surface area contributed by atoms with E-state index in [2.05, 4.69) is 0 Å². The topological polar surface area (TPSA) is 49.8 Å². The molecule has 3 fully saturated rings. The minimum Gasteiger partial charge on any atom is -0.395 e. The molecule has 3 nitrogen and oxygen atoms in total. The Morgan fingerprint density at radius 2 is 2.38 bits per heavy atom. The van der Waals surface area contributed by atoms with E-state index >= 15 is 0 Å². The van der Waals surface area contributed by atoms with Crippen LogP contribution in [-0.4, -0.2) is 29.7 Å². The Morgan fingerprint density at radius 1 is 1.69 bits per heavy atom. The number of carbonyl (C=O) groups excluding carboxylic acids is 1. The lowest BCUT2D eigenvalue weighted by Crippen LogP contribution is -2.22. The van der Waals surface area contributed by atoms with Crippen LogP contribution in [0.3, 0.4) is 0 Å². The van der Waals surface area contributed by atoms with Gasteiger partial charge in [0.25, 0.3) is 0 Å². The smallest absolute Gasteiger partial charge is 0.142 e. The number of hydrogen-bond donors (Lipinski definition) is 1. The van der Waals surface area contributed by atoms with Crippen LogP contribution >= 0.6 is 0 Å². The zero-order valence-corrected chi connectivity index (χ0v) is 7.69. The van der Waals surface area contributed by atoms with Gasteiger partial charge in [-0.2, -0.15) is 0 Å². The van der Waals surface area contributed by atoms with Gasteiger partial charge in [0.1, 0.15) is 5.78 Å². The van der Waals surface area contributed by atoms with E-state index in [-0.39, 0.29) is 23.9 Å². The van der Waals surface area contributed by atoms with Crippen LogP contribution < -0.4 is 0 Å². The lowest BCUT2D eigenvalue weighted by atomic mass is 9.97. The molecule has 0 radical (unpaired) electrons. The molecule has 3 aliphatic rings. The molecule has 0 unspecified atom stereocenters. The van der Waals surface area contributed by atoms with Crippen molar-refractivity contribution < 1.29 is 14.6 Å². The third-order valence-corrected chi connectivity index (χ3v) is 4.16. The van der Waals surface area contributed by atoms with Crippen molar-refractivity contribution in [3.05, 3.63) is 0 Å². The average Bonchev–Trinajstić information content (AvgIpc) is 2.94. The normalized spacial score (nSPS) is 57.8. The molecule has 0 aromatic heterocycles. The van der Waals surface area contributed by atoms with Crippen molar-refractivity contribution in [1.29, 1.82) is 0 Å². The summed E-state index contributed by atoms with van der Waals surface area (Å²) in [6.45, 7) is 2.07. The molecule has 5 atom stereocenters. The van der Waals surface area contributed by atoms with Crippen LogP contribution in [-0.2, 0) is 9.53 Å². The number of Topliss-reactive ketones (excluding diaryl/α,β-unsaturated/α-hetero) is 1. The molecule has 1 saturated heterocycles. The summed E-state index contributed by atoms with van der Waals surface area (Å²) in [6, 6.07) is 0. The summed E-state index contributed by atoms with van der Waals surface area (Å²) in [5.41, 5.74) is -0.366. The predicted molar refractivity (Wildman–Crippen MR) is 45.1 cm³/mol. The number of aliphatic hydroxyl groups excluding tert-OH is 1. The number of aliphatic hydroxyl groups is 1. The van der Waals surface area contributed by atoms with Gasteiger partial charge >= 0.3 is 0 Å². The quantitative estimate of drug-likeness (QED) is 0.627. The van der Waals surface area contributed by atoms with Gasteiger partial charge in [-0.05, 0) is 19.3 Å². The molecule has 0 bridgehead atoms. The number of ketones is 1. The second kappa shape index (κ2) is 2.15. The number of fused-ring (bicyclic) bond motifs is 1. The first-order valence-corrected chi connectivity index (χ1v) is 5.01. The molecule has 2 saturated carbocycles. The Kier molecular flexibility index (Phi) is 1.31. The second-order valence-corrected chi connectivity index (χ2v) is 4.60. The SMILES string of the molecule is C[C@@H]1O[C@@H]1[C@H]1[C@@H]2CCC(=O)[C@]12CO. The van der Waals surface area contributed by atoms with Crippen LogP contribution in [0.15, 0.2) is 0 Å². The molecule has 1 heterocycles. The monoisotopic (exact) mass is 182 g/mol. The van der Waals surface area contributed by atoms with Crippen molar-refractivity contribution in [3.8, 4) is 0 Å². The predicted octanol–water partition coefficient (Wildman–Crippen LogP) is 0.361. The fourth-order valence-corrected chi connectivity index (χ4v) is 3.31. The Labute approximate surface area is 77.1 Å². The fourth-order valence-electron chi connectivity index (χ4n) is 3.31. The van der Waals surface area contributed by atoms with Gasteiger partial charge in [0.05, 0.1) is 24.2 Å². The van der Waals surface area contributed by atoms with E-state index in [1.807, 2.05) is 6.92 Å². The van der Waals surface area contributed by atoms with Gasteiger partial charge in [-0.1, -0.05) is 0 Å². The van der Waals surface area contributed by atoms with Crippen LogP contribution in [0.2, 0.25) is 0 Å². The molecule has 0 spiro atoms. The van der Waals surface area contributed by atoms with E-state index in [0.29, 0.717) is 24.4 Å². The van der Waals surface area contributed by atoms with Crippen LogP contribution in [0.5, 0.6) is 0 Å². The minimum atomic E-state index is -0.366. The number of epoxide rings is 1. The van der Waals surface area contributed by atoms with Gasteiger partial charge in [-0.15, -0.1) is 0 Å². The summed E-state index contributed by atoms with van der Waals surface area (Å²) < 4.78 is 5.39. The first-order chi connectivity index (χ1) is 6.21. The molecule has 13 heavy (non-hydrogen) atoms. The van der Waals surface area contributed by atoms with Crippen LogP contribution in [0.4, 0.5) is 0 Å². The summed E-state index contributed by atoms with van der Waals surface area (Å²) in [5.74, 6) is 1.04. The third kappa shape index (κ3) is 0.754. The average molecular weight is 182 g/mol. The Morgan fingerprint density at radius 3 is 2.85 bits per heavy atom. The summed E-state index contributed by atoms with van der Waals surface area (Å²) in [5, 5.41) is 9.29. The maximum absolute atomic E-state index is 11.6. The van der Waals surface area contributed by atoms with Gasteiger partial charge in [0.2, 0.25) is 0 Å². The van der Waals surface area contributed by atoms with Crippen molar-refractivity contribution >= 4 is 5.78 Å². The standard InChI is InChI=1S/C10H14O3/c1-5-9(13-5)8-6-2-3-7(12)10(6,8)4-11/h5-6,8-9,11H,2-4H2,1H3/t5-,6-,8+,9-,10+/m0/s1. The highest BCUT2D eigenvalue weighted by molar-refractivity contribution is 5.92. The zero-order chi connectivity index (χ0) is 9.22. The lowest BCUT2D eigenvalue weighted by Gasteiger charge is -2.08. The molecule has 72 valence electrons. The van der Waals surface area contributed by atoms with Gasteiger partial charge in [0, 0.05) is 12.3 Å². The minimum absolute atomic E-state index is 0.0355. The van der Waals surface area contributed by atoms with Gasteiger partial charge in [-0.3, -0.25) is 4.79 Å². The molecule has 0 amide bonds. The molecular formula is C10H14O3. The van der Waals surface area contributed by atoms with Gasteiger partial charge in [0.15, 0.2) is 0 Å². The van der Waals surface area contributed by atoms with Crippen molar-refractivity contribution in [1.82, 2.24) is 0 Å². The molecule has 3 heteroatoms. The van der Waals surface area contributed by atoms with E-state index in [0.717, 1.165) is 6.42 Å². The fraction of sp³-hybridized carbons (Fsp3) is 0.900. The molecule has 3 rings (SSSR count). The first kappa shape index (κ1) is 7.94. The summed E-state index contributed by atoms with van der Waals surface area (Å²) >= 11 is 0. The van der Waals surface area contributed by atoms with Crippen LogP contribution in [0, 0.1) is 17.3 Å². The van der Waals surface area contributed by atoms with E-state index < -0.39 is 0 Å². The number of ether oxygens (including phenoxy) is 1. The Hall–Kier alpha value is -0.410. The molecule has 1 N–H and O–H groups in total. The first-order valence-electron chi connectivity index (χ1n) is 5.01. The van der Waals surface area contributed by atoms with E-state index in [9.17, 15) is 9.90 Å². The highest BCUT2D eigenvalue weighted by Crippen LogP contribution is 2.70. The molecule has 0 aromatic carbocycles. The largest absolute Gasteiger partial charge is 0.395 e. The highest BCUT2D eigenvalue weighted by Gasteiger charge is 2.76. The van der Waals surface area contributed by atoms with Crippen molar-refractivity contribution in [2.45, 2.75) is 32.0 Å². The molecule has 2 aliphatic carbocycles. The number of carbonyl (C=O) groups is 1.